The van der Waals surface area contributed by atoms with E-state index in [0.717, 1.165) is 15.7 Å². The van der Waals surface area contributed by atoms with E-state index in [2.05, 4.69) is 10.3 Å². The number of rotatable bonds is 8. The summed E-state index contributed by atoms with van der Waals surface area (Å²) in [4.78, 5) is 21.8. The summed E-state index contributed by atoms with van der Waals surface area (Å²) < 4.78 is 13.4. The molecule has 0 unspecified atom stereocenters. The standard InChI is InChI=1S/C21H24N6O3S/c1-25(2)11-12-26(18(28)13-27-15-8-6-5-7-14(15)23-24-27)21-22-19-16(29-3)9-10-17(30-4)20(19)31-21/h5-10H,11-13H2,1-4H3. The average molecular weight is 441 g/mol. The van der Waals surface area contributed by atoms with Gasteiger partial charge in [0.1, 0.15) is 33.8 Å². The molecule has 4 aromatic rings. The minimum atomic E-state index is -0.116. The molecule has 0 fully saturated rings. The molecule has 31 heavy (non-hydrogen) atoms. The number of methoxy groups -OCH3 is 2. The van der Waals surface area contributed by atoms with E-state index in [1.807, 2.05) is 55.4 Å². The highest BCUT2D eigenvalue weighted by Gasteiger charge is 2.23. The fourth-order valence-corrected chi connectivity index (χ4v) is 4.38. The predicted molar refractivity (Wildman–Crippen MR) is 121 cm³/mol. The lowest BCUT2D eigenvalue weighted by atomic mass is 10.3. The maximum absolute atomic E-state index is 13.4. The summed E-state index contributed by atoms with van der Waals surface area (Å²) in [5, 5.41) is 8.89. The third-order valence-corrected chi connectivity index (χ3v) is 6.00. The molecular weight excluding hydrogens is 416 g/mol. The Labute approximate surface area is 183 Å². The van der Waals surface area contributed by atoms with Crippen molar-refractivity contribution in [2.75, 3.05) is 46.3 Å². The maximum Gasteiger partial charge on any atom is 0.250 e. The molecule has 0 bridgehead atoms. The highest BCUT2D eigenvalue weighted by atomic mass is 32.1. The van der Waals surface area contributed by atoms with Crippen LogP contribution in [0.5, 0.6) is 11.5 Å². The summed E-state index contributed by atoms with van der Waals surface area (Å²) in [6.45, 7) is 1.25. The number of anilines is 1. The second-order valence-corrected chi connectivity index (χ2v) is 8.21. The van der Waals surface area contributed by atoms with E-state index < -0.39 is 0 Å². The van der Waals surface area contributed by atoms with Gasteiger partial charge in [-0.2, -0.15) is 0 Å². The number of ether oxygens (including phenoxy) is 2. The number of thiazole rings is 1. The number of likely N-dealkylation sites (N-methyl/N-ethyl adjacent to an activating group) is 1. The van der Waals surface area contributed by atoms with Gasteiger partial charge in [0, 0.05) is 13.1 Å². The first kappa shape index (κ1) is 21.0. The molecule has 2 aromatic carbocycles. The SMILES string of the molecule is COc1ccc(OC)c2sc(N(CCN(C)C)C(=O)Cn3nnc4ccccc43)nc12. The molecule has 4 rings (SSSR count). The van der Waals surface area contributed by atoms with Crippen molar-refractivity contribution in [2.24, 2.45) is 0 Å². The fraction of sp³-hybridized carbons (Fsp3) is 0.333. The Morgan fingerprint density at radius 1 is 1.06 bits per heavy atom. The Hall–Kier alpha value is -3.24. The normalized spacial score (nSPS) is 11.4. The van der Waals surface area contributed by atoms with Gasteiger partial charge in [0.25, 0.3) is 5.91 Å². The van der Waals surface area contributed by atoms with Crippen molar-refractivity contribution in [3.05, 3.63) is 36.4 Å². The lowest BCUT2D eigenvalue weighted by molar-refractivity contribution is -0.119. The van der Waals surface area contributed by atoms with Crippen LogP contribution in [0.1, 0.15) is 0 Å². The molecule has 2 aromatic heterocycles. The lowest BCUT2D eigenvalue weighted by Crippen LogP contribution is -2.38. The smallest absolute Gasteiger partial charge is 0.250 e. The van der Waals surface area contributed by atoms with Gasteiger partial charge < -0.3 is 14.4 Å². The van der Waals surface area contributed by atoms with Crippen molar-refractivity contribution >= 4 is 43.6 Å². The van der Waals surface area contributed by atoms with Gasteiger partial charge >= 0.3 is 0 Å². The summed E-state index contributed by atoms with van der Waals surface area (Å²) in [5.41, 5.74) is 2.25. The van der Waals surface area contributed by atoms with Crippen molar-refractivity contribution < 1.29 is 14.3 Å². The maximum atomic E-state index is 13.4. The van der Waals surface area contributed by atoms with Crippen LogP contribution in [0.3, 0.4) is 0 Å². The van der Waals surface area contributed by atoms with Crippen LogP contribution in [-0.2, 0) is 11.3 Å². The predicted octanol–water partition coefficient (Wildman–Crippen LogP) is 2.65. The zero-order valence-electron chi connectivity index (χ0n) is 17.9. The van der Waals surface area contributed by atoms with E-state index in [1.54, 1.807) is 23.8 Å². The molecule has 162 valence electrons. The molecule has 0 atom stereocenters. The molecular formula is C21H24N6O3S. The number of carbonyl (C=O) groups is 1. The number of para-hydroxylation sites is 1. The summed E-state index contributed by atoms with van der Waals surface area (Å²) in [7, 11) is 7.16. The first-order valence-corrected chi connectivity index (χ1v) is 10.6. The number of nitrogens with zero attached hydrogens (tertiary/aromatic N) is 6. The van der Waals surface area contributed by atoms with Gasteiger partial charge in [0.05, 0.1) is 19.7 Å². The van der Waals surface area contributed by atoms with Gasteiger partial charge in [-0.15, -0.1) is 5.10 Å². The third-order valence-electron chi connectivity index (χ3n) is 4.91. The van der Waals surface area contributed by atoms with Crippen LogP contribution in [0.2, 0.25) is 0 Å². The molecule has 0 spiro atoms. The molecule has 0 N–H and O–H groups in total. The topological polar surface area (TPSA) is 85.6 Å². The zero-order valence-corrected chi connectivity index (χ0v) is 18.7. The molecule has 1 amide bonds. The summed E-state index contributed by atoms with van der Waals surface area (Å²) >= 11 is 1.41. The van der Waals surface area contributed by atoms with E-state index in [1.165, 1.54) is 11.3 Å². The van der Waals surface area contributed by atoms with E-state index in [9.17, 15) is 4.79 Å². The first-order valence-electron chi connectivity index (χ1n) is 9.76. The average Bonchev–Trinajstić information content (AvgIpc) is 3.38. The number of carbonyl (C=O) groups excluding carboxylic acids is 1. The number of amides is 1. The second-order valence-electron chi connectivity index (χ2n) is 7.23. The highest BCUT2D eigenvalue weighted by molar-refractivity contribution is 7.22. The molecule has 0 aliphatic rings. The van der Waals surface area contributed by atoms with E-state index in [-0.39, 0.29) is 12.5 Å². The van der Waals surface area contributed by atoms with E-state index >= 15 is 0 Å². The molecule has 0 aliphatic carbocycles. The monoisotopic (exact) mass is 440 g/mol. The second kappa shape index (κ2) is 8.86. The molecule has 0 radical (unpaired) electrons. The number of fused-ring (bicyclic) bond motifs is 2. The van der Waals surface area contributed by atoms with E-state index in [0.29, 0.717) is 35.2 Å². The van der Waals surface area contributed by atoms with Crippen LogP contribution in [0.25, 0.3) is 21.3 Å². The van der Waals surface area contributed by atoms with Gasteiger partial charge in [0.15, 0.2) is 5.13 Å². The van der Waals surface area contributed by atoms with Crippen molar-refractivity contribution in [1.82, 2.24) is 24.9 Å². The van der Waals surface area contributed by atoms with Crippen molar-refractivity contribution in [1.29, 1.82) is 0 Å². The fourth-order valence-electron chi connectivity index (χ4n) is 3.26. The van der Waals surface area contributed by atoms with Gasteiger partial charge in [-0.05, 0) is 38.4 Å². The van der Waals surface area contributed by atoms with Crippen molar-refractivity contribution in [3.8, 4) is 11.5 Å². The lowest BCUT2D eigenvalue weighted by Gasteiger charge is -2.22. The zero-order chi connectivity index (χ0) is 22.0. The summed E-state index contributed by atoms with van der Waals surface area (Å²) in [6, 6.07) is 11.2. The molecule has 10 heteroatoms. The van der Waals surface area contributed by atoms with Gasteiger partial charge in [0.2, 0.25) is 0 Å². The largest absolute Gasteiger partial charge is 0.495 e. The third kappa shape index (κ3) is 4.17. The van der Waals surface area contributed by atoms with Crippen LogP contribution >= 0.6 is 11.3 Å². The Kier molecular flexibility index (Phi) is 6.01. The van der Waals surface area contributed by atoms with Crippen LogP contribution in [0.4, 0.5) is 5.13 Å². The van der Waals surface area contributed by atoms with Crippen LogP contribution in [-0.4, -0.2) is 72.2 Å². The van der Waals surface area contributed by atoms with Crippen LogP contribution < -0.4 is 14.4 Å². The van der Waals surface area contributed by atoms with Gasteiger partial charge in [-0.3, -0.25) is 9.69 Å². The van der Waals surface area contributed by atoms with Gasteiger partial charge in [-0.25, -0.2) is 9.67 Å². The minimum Gasteiger partial charge on any atom is -0.495 e. The van der Waals surface area contributed by atoms with E-state index in [4.69, 9.17) is 14.5 Å². The Morgan fingerprint density at radius 2 is 1.81 bits per heavy atom. The van der Waals surface area contributed by atoms with Crippen molar-refractivity contribution in [2.45, 2.75) is 6.54 Å². The number of aromatic nitrogens is 4. The number of benzene rings is 2. The minimum absolute atomic E-state index is 0.0676. The quantitative estimate of drug-likeness (QED) is 0.416. The van der Waals surface area contributed by atoms with Crippen LogP contribution in [0, 0.1) is 0 Å². The molecule has 2 heterocycles. The summed E-state index contributed by atoms with van der Waals surface area (Å²) in [6.07, 6.45) is 0. The van der Waals surface area contributed by atoms with Crippen LogP contribution in [0.15, 0.2) is 36.4 Å². The molecule has 0 saturated carbocycles. The first-order chi connectivity index (χ1) is 15.0. The molecule has 0 aliphatic heterocycles. The number of hydrogen-bond donors (Lipinski definition) is 0. The Balaban J connectivity index is 1.71. The molecule has 0 saturated heterocycles. The highest BCUT2D eigenvalue weighted by Crippen LogP contribution is 2.40. The summed E-state index contributed by atoms with van der Waals surface area (Å²) in [5.74, 6) is 1.22. The Morgan fingerprint density at radius 3 is 2.55 bits per heavy atom. The van der Waals surface area contributed by atoms with Crippen molar-refractivity contribution in [3.63, 3.8) is 0 Å². The Bertz CT molecular complexity index is 1180. The number of hydrogen-bond acceptors (Lipinski definition) is 8. The van der Waals surface area contributed by atoms with Gasteiger partial charge in [-0.1, -0.05) is 28.7 Å². The molecule has 9 nitrogen and oxygen atoms in total.